The topological polar surface area (TPSA) is 71.3 Å². The van der Waals surface area contributed by atoms with Crippen molar-refractivity contribution in [1.82, 2.24) is 0 Å². The second kappa shape index (κ2) is 7.22. The zero-order chi connectivity index (χ0) is 18.8. The van der Waals surface area contributed by atoms with Crippen LogP contribution in [0.15, 0.2) is 41.0 Å². The summed E-state index contributed by atoms with van der Waals surface area (Å²) in [5, 5.41) is 6.78. The summed E-state index contributed by atoms with van der Waals surface area (Å²) in [7, 11) is 0. The summed E-state index contributed by atoms with van der Waals surface area (Å²) >= 11 is 6.15. The molecule has 3 rings (SSSR count). The van der Waals surface area contributed by atoms with Crippen LogP contribution in [0.25, 0.3) is 11.0 Å². The van der Waals surface area contributed by atoms with E-state index in [1.807, 2.05) is 26.0 Å². The lowest BCUT2D eigenvalue weighted by Gasteiger charge is -2.10. The molecule has 0 spiro atoms. The standard InChI is InChI=1S/C20H19ClN2O3/c1-11-4-6-16-14(10-26-20(16)12(11)2)8-19(25)23-18-9-15(22-13(3)24)5-7-17(18)21/h4-7,9-10H,8H2,1-3H3,(H,22,24)(H,23,25). The molecule has 0 radical (unpaired) electrons. The summed E-state index contributed by atoms with van der Waals surface area (Å²) in [6.45, 7) is 5.44. The van der Waals surface area contributed by atoms with Gasteiger partial charge in [-0.25, -0.2) is 0 Å². The molecule has 1 aromatic heterocycles. The van der Waals surface area contributed by atoms with Crippen LogP contribution < -0.4 is 10.6 Å². The first-order valence-electron chi connectivity index (χ1n) is 8.18. The molecule has 0 atom stereocenters. The van der Waals surface area contributed by atoms with Crippen LogP contribution >= 0.6 is 11.6 Å². The van der Waals surface area contributed by atoms with Crippen molar-refractivity contribution in [2.24, 2.45) is 0 Å². The smallest absolute Gasteiger partial charge is 0.228 e. The third-order valence-electron chi connectivity index (χ3n) is 4.25. The Hall–Kier alpha value is -2.79. The Morgan fingerprint density at radius 1 is 1.12 bits per heavy atom. The summed E-state index contributed by atoms with van der Waals surface area (Å²) in [5.41, 5.74) is 4.85. The molecular formula is C20H19ClN2O3. The first-order valence-corrected chi connectivity index (χ1v) is 8.56. The Kier molecular flexibility index (Phi) is 5.00. The fourth-order valence-electron chi connectivity index (χ4n) is 2.79. The number of hydrogen-bond acceptors (Lipinski definition) is 3. The number of furan rings is 1. The molecule has 2 N–H and O–H groups in total. The van der Waals surface area contributed by atoms with Gasteiger partial charge >= 0.3 is 0 Å². The van der Waals surface area contributed by atoms with E-state index in [0.717, 1.165) is 27.7 Å². The zero-order valence-corrected chi connectivity index (χ0v) is 15.5. The molecule has 0 unspecified atom stereocenters. The van der Waals surface area contributed by atoms with Gasteiger partial charge in [0.1, 0.15) is 5.58 Å². The third kappa shape index (κ3) is 3.73. The molecule has 0 fully saturated rings. The van der Waals surface area contributed by atoms with Crippen molar-refractivity contribution in [2.45, 2.75) is 27.2 Å². The van der Waals surface area contributed by atoms with Gasteiger partial charge in [-0.1, -0.05) is 23.7 Å². The molecule has 5 nitrogen and oxygen atoms in total. The minimum atomic E-state index is -0.215. The van der Waals surface area contributed by atoms with Crippen molar-refractivity contribution in [3.05, 3.63) is 58.3 Å². The molecule has 0 aliphatic rings. The van der Waals surface area contributed by atoms with Crippen LogP contribution in [0.1, 0.15) is 23.6 Å². The van der Waals surface area contributed by atoms with E-state index in [1.165, 1.54) is 6.92 Å². The molecule has 0 saturated heterocycles. The van der Waals surface area contributed by atoms with Crippen LogP contribution in [0.4, 0.5) is 11.4 Å². The number of carbonyl (C=O) groups excluding carboxylic acids is 2. The van der Waals surface area contributed by atoms with E-state index >= 15 is 0 Å². The Morgan fingerprint density at radius 2 is 1.88 bits per heavy atom. The minimum Gasteiger partial charge on any atom is -0.464 e. The lowest BCUT2D eigenvalue weighted by molar-refractivity contribution is -0.115. The summed E-state index contributed by atoms with van der Waals surface area (Å²) < 4.78 is 5.64. The van der Waals surface area contributed by atoms with E-state index in [1.54, 1.807) is 24.5 Å². The molecule has 0 aliphatic heterocycles. The second-order valence-electron chi connectivity index (χ2n) is 6.25. The van der Waals surface area contributed by atoms with E-state index in [4.69, 9.17) is 16.0 Å². The van der Waals surface area contributed by atoms with Gasteiger partial charge in [-0.3, -0.25) is 9.59 Å². The van der Waals surface area contributed by atoms with Crippen molar-refractivity contribution in [2.75, 3.05) is 10.6 Å². The number of aryl methyl sites for hydroxylation is 2. The third-order valence-corrected chi connectivity index (χ3v) is 4.58. The van der Waals surface area contributed by atoms with Crippen LogP contribution in [0.2, 0.25) is 5.02 Å². The summed E-state index contributed by atoms with van der Waals surface area (Å²) in [6.07, 6.45) is 1.78. The molecule has 2 amide bonds. The fourth-order valence-corrected chi connectivity index (χ4v) is 2.96. The van der Waals surface area contributed by atoms with Crippen molar-refractivity contribution >= 4 is 45.8 Å². The van der Waals surface area contributed by atoms with E-state index < -0.39 is 0 Å². The van der Waals surface area contributed by atoms with Gasteiger partial charge < -0.3 is 15.1 Å². The minimum absolute atomic E-state index is 0.163. The largest absolute Gasteiger partial charge is 0.464 e. The maximum Gasteiger partial charge on any atom is 0.228 e. The molecule has 0 aliphatic carbocycles. The lowest BCUT2D eigenvalue weighted by atomic mass is 10.0. The van der Waals surface area contributed by atoms with Crippen LogP contribution in [-0.4, -0.2) is 11.8 Å². The summed E-state index contributed by atoms with van der Waals surface area (Å²) in [4.78, 5) is 23.6. The van der Waals surface area contributed by atoms with E-state index in [0.29, 0.717) is 16.4 Å². The quantitative estimate of drug-likeness (QED) is 0.690. The van der Waals surface area contributed by atoms with Gasteiger partial charge in [-0.15, -0.1) is 0 Å². The maximum atomic E-state index is 12.5. The van der Waals surface area contributed by atoms with Crippen LogP contribution in [0.3, 0.4) is 0 Å². The Labute approximate surface area is 156 Å². The van der Waals surface area contributed by atoms with Crippen molar-refractivity contribution in [3.63, 3.8) is 0 Å². The van der Waals surface area contributed by atoms with Gasteiger partial charge in [0.05, 0.1) is 23.4 Å². The molecule has 26 heavy (non-hydrogen) atoms. The van der Waals surface area contributed by atoms with E-state index in [-0.39, 0.29) is 18.2 Å². The first-order chi connectivity index (χ1) is 12.3. The van der Waals surface area contributed by atoms with Crippen LogP contribution in [0, 0.1) is 13.8 Å². The molecule has 0 saturated carbocycles. The highest BCUT2D eigenvalue weighted by Crippen LogP contribution is 2.28. The van der Waals surface area contributed by atoms with Gasteiger partial charge in [-0.05, 0) is 43.2 Å². The molecule has 134 valence electrons. The van der Waals surface area contributed by atoms with Gasteiger partial charge in [0.25, 0.3) is 0 Å². The molecule has 0 bridgehead atoms. The molecule has 2 aromatic carbocycles. The Balaban J connectivity index is 1.79. The van der Waals surface area contributed by atoms with Crippen LogP contribution in [0.5, 0.6) is 0 Å². The van der Waals surface area contributed by atoms with E-state index in [9.17, 15) is 9.59 Å². The average Bonchev–Trinajstić information content (AvgIpc) is 2.97. The number of benzene rings is 2. The monoisotopic (exact) mass is 370 g/mol. The number of carbonyl (C=O) groups is 2. The number of anilines is 2. The second-order valence-corrected chi connectivity index (χ2v) is 6.65. The van der Waals surface area contributed by atoms with Crippen molar-refractivity contribution < 1.29 is 14.0 Å². The fraction of sp³-hybridized carbons (Fsp3) is 0.200. The van der Waals surface area contributed by atoms with Gasteiger partial charge in [0, 0.05) is 23.6 Å². The van der Waals surface area contributed by atoms with Crippen LogP contribution in [-0.2, 0) is 16.0 Å². The molecule has 1 heterocycles. The average molecular weight is 371 g/mol. The summed E-state index contributed by atoms with van der Waals surface area (Å²) in [6, 6.07) is 8.91. The molecule has 6 heteroatoms. The predicted octanol–water partition coefficient (Wildman–Crippen LogP) is 4.84. The number of amides is 2. The highest BCUT2D eigenvalue weighted by atomic mass is 35.5. The van der Waals surface area contributed by atoms with Crippen molar-refractivity contribution in [3.8, 4) is 0 Å². The number of hydrogen-bond donors (Lipinski definition) is 2. The predicted molar refractivity (Wildman–Crippen MR) is 104 cm³/mol. The molecule has 3 aromatic rings. The van der Waals surface area contributed by atoms with E-state index in [2.05, 4.69) is 10.6 Å². The highest BCUT2D eigenvalue weighted by Gasteiger charge is 2.14. The number of halogens is 1. The zero-order valence-electron chi connectivity index (χ0n) is 14.8. The SMILES string of the molecule is CC(=O)Nc1ccc(Cl)c(NC(=O)Cc2coc3c(C)c(C)ccc23)c1. The maximum absolute atomic E-state index is 12.5. The van der Waals surface area contributed by atoms with Gasteiger partial charge in [0.2, 0.25) is 11.8 Å². The number of nitrogens with one attached hydrogen (secondary N) is 2. The normalized spacial score (nSPS) is 10.8. The van der Waals surface area contributed by atoms with Gasteiger partial charge in [-0.2, -0.15) is 0 Å². The van der Waals surface area contributed by atoms with Gasteiger partial charge in [0.15, 0.2) is 0 Å². The summed E-state index contributed by atoms with van der Waals surface area (Å²) in [5.74, 6) is -0.409. The Bertz CT molecular complexity index is 1010. The first kappa shape index (κ1) is 18.0. The highest BCUT2D eigenvalue weighted by molar-refractivity contribution is 6.33. The molecular weight excluding hydrogens is 352 g/mol. The lowest BCUT2D eigenvalue weighted by Crippen LogP contribution is -2.15. The van der Waals surface area contributed by atoms with Crippen molar-refractivity contribution in [1.29, 1.82) is 0 Å². The number of fused-ring (bicyclic) bond motifs is 1. The number of rotatable bonds is 4. The Morgan fingerprint density at radius 3 is 2.62 bits per heavy atom.